The maximum Gasteiger partial charge on any atom is 0.278 e. The zero-order valence-corrected chi connectivity index (χ0v) is 16.6. The molecule has 4 rings (SSSR count). The van der Waals surface area contributed by atoms with Gasteiger partial charge in [0.05, 0.1) is 24.0 Å². The molecule has 28 heavy (non-hydrogen) atoms. The standard InChI is InChI=1S/C19H24FN5O2.ClH/c1-12-18(23-24-25(12)15-6-8-21-9-7-15)19(26)22-16-5-4-14(20)10-17(16)27-11-13-2-3-13;/h4-5,10,13,15,21H,2-3,6-9,11H2,1H3,(H,22,26);1H. The highest BCUT2D eigenvalue weighted by atomic mass is 35.5. The van der Waals surface area contributed by atoms with Crippen molar-refractivity contribution in [2.24, 2.45) is 5.92 Å². The van der Waals surface area contributed by atoms with Gasteiger partial charge in [0.2, 0.25) is 0 Å². The summed E-state index contributed by atoms with van der Waals surface area (Å²) in [4.78, 5) is 12.7. The van der Waals surface area contributed by atoms with Crippen molar-refractivity contribution < 1.29 is 13.9 Å². The molecule has 1 aliphatic heterocycles. The molecule has 1 aliphatic carbocycles. The molecule has 2 aromatic rings. The fourth-order valence-electron chi connectivity index (χ4n) is 3.34. The van der Waals surface area contributed by atoms with Gasteiger partial charge in [0.1, 0.15) is 11.6 Å². The lowest BCUT2D eigenvalue weighted by atomic mass is 10.1. The Morgan fingerprint density at radius 1 is 1.32 bits per heavy atom. The molecule has 0 bridgehead atoms. The van der Waals surface area contributed by atoms with Gasteiger partial charge in [-0.25, -0.2) is 9.07 Å². The summed E-state index contributed by atoms with van der Waals surface area (Å²) >= 11 is 0. The smallest absolute Gasteiger partial charge is 0.278 e. The van der Waals surface area contributed by atoms with E-state index in [-0.39, 0.29) is 30.0 Å². The highest BCUT2D eigenvalue weighted by Gasteiger charge is 2.25. The van der Waals surface area contributed by atoms with Crippen LogP contribution in [0.4, 0.5) is 10.1 Å². The summed E-state index contributed by atoms with van der Waals surface area (Å²) < 4.78 is 21.1. The molecule has 1 aromatic carbocycles. The molecule has 0 unspecified atom stereocenters. The van der Waals surface area contributed by atoms with Crippen LogP contribution in [0.25, 0.3) is 0 Å². The molecule has 9 heteroatoms. The third-order valence-corrected chi connectivity index (χ3v) is 5.16. The van der Waals surface area contributed by atoms with Crippen LogP contribution in [-0.2, 0) is 0 Å². The number of carbonyl (C=O) groups excluding carboxylic acids is 1. The average molecular weight is 410 g/mol. The van der Waals surface area contributed by atoms with E-state index < -0.39 is 5.82 Å². The Kier molecular flexibility index (Phi) is 6.51. The van der Waals surface area contributed by atoms with Crippen molar-refractivity contribution in [2.75, 3.05) is 25.0 Å². The molecular weight excluding hydrogens is 385 g/mol. The Hall–Kier alpha value is -2.19. The molecule has 1 aromatic heterocycles. The molecule has 2 N–H and O–H groups in total. The number of nitrogens with one attached hydrogen (secondary N) is 2. The molecule has 0 spiro atoms. The second-order valence-electron chi connectivity index (χ2n) is 7.30. The van der Waals surface area contributed by atoms with Crippen molar-refractivity contribution in [3.8, 4) is 5.75 Å². The predicted octanol–water partition coefficient (Wildman–Crippen LogP) is 3.11. The number of hydrogen-bond acceptors (Lipinski definition) is 5. The summed E-state index contributed by atoms with van der Waals surface area (Å²) in [6, 6.07) is 4.38. The van der Waals surface area contributed by atoms with E-state index >= 15 is 0 Å². The summed E-state index contributed by atoms with van der Waals surface area (Å²) in [6.07, 6.45) is 4.19. The number of rotatable bonds is 6. The van der Waals surface area contributed by atoms with Gasteiger partial charge in [-0.1, -0.05) is 5.21 Å². The fourth-order valence-corrected chi connectivity index (χ4v) is 3.34. The second-order valence-corrected chi connectivity index (χ2v) is 7.30. The molecular formula is C19H25ClFN5O2. The maximum absolute atomic E-state index is 13.6. The van der Waals surface area contributed by atoms with E-state index in [2.05, 4.69) is 20.9 Å². The third-order valence-electron chi connectivity index (χ3n) is 5.16. The van der Waals surface area contributed by atoms with Crippen molar-refractivity contribution in [1.29, 1.82) is 0 Å². The van der Waals surface area contributed by atoms with E-state index in [1.54, 1.807) is 0 Å². The van der Waals surface area contributed by atoms with Gasteiger partial charge in [0.25, 0.3) is 5.91 Å². The topological polar surface area (TPSA) is 81.1 Å². The van der Waals surface area contributed by atoms with Crippen molar-refractivity contribution in [3.63, 3.8) is 0 Å². The minimum atomic E-state index is -0.396. The van der Waals surface area contributed by atoms with Crippen LogP contribution in [-0.4, -0.2) is 40.6 Å². The van der Waals surface area contributed by atoms with Crippen LogP contribution in [0.1, 0.15) is 47.9 Å². The first-order chi connectivity index (χ1) is 13.1. The highest BCUT2D eigenvalue weighted by Crippen LogP contribution is 2.32. The van der Waals surface area contributed by atoms with Gasteiger partial charge in [0, 0.05) is 6.07 Å². The second kappa shape index (κ2) is 8.87. The maximum atomic E-state index is 13.6. The van der Waals surface area contributed by atoms with Crippen LogP contribution in [0.15, 0.2) is 18.2 Å². The Morgan fingerprint density at radius 3 is 2.79 bits per heavy atom. The van der Waals surface area contributed by atoms with Gasteiger partial charge in [-0.2, -0.15) is 0 Å². The Morgan fingerprint density at radius 2 is 2.07 bits per heavy atom. The van der Waals surface area contributed by atoms with Gasteiger partial charge < -0.3 is 15.4 Å². The zero-order valence-electron chi connectivity index (χ0n) is 15.8. The highest BCUT2D eigenvalue weighted by molar-refractivity contribution is 6.04. The number of nitrogens with zero attached hydrogens (tertiary/aromatic N) is 3. The molecule has 2 aliphatic rings. The third kappa shape index (κ3) is 4.62. The van der Waals surface area contributed by atoms with Gasteiger partial charge in [0.15, 0.2) is 5.69 Å². The molecule has 1 amide bonds. The van der Waals surface area contributed by atoms with Gasteiger partial charge in [-0.3, -0.25) is 4.79 Å². The Balaban J connectivity index is 0.00000225. The zero-order chi connectivity index (χ0) is 18.8. The Bertz CT molecular complexity index is 834. The first-order valence-corrected chi connectivity index (χ1v) is 9.48. The average Bonchev–Trinajstić information content (AvgIpc) is 3.43. The number of aromatic nitrogens is 3. The minimum absolute atomic E-state index is 0. The normalized spacial score (nSPS) is 17.1. The fraction of sp³-hybridized carbons (Fsp3) is 0.526. The molecule has 152 valence electrons. The van der Waals surface area contributed by atoms with Gasteiger partial charge in [-0.15, -0.1) is 17.5 Å². The van der Waals surface area contributed by atoms with Crippen LogP contribution in [0.3, 0.4) is 0 Å². The van der Waals surface area contributed by atoms with E-state index in [0.717, 1.165) is 44.5 Å². The van der Waals surface area contributed by atoms with E-state index in [4.69, 9.17) is 4.74 Å². The molecule has 1 saturated carbocycles. The summed E-state index contributed by atoms with van der Waals surface area (Å²) in [7, 11) is 0. The van der Waals surface area contributed by atoms with E-state index in [0.29, 0.717) is 24.0 Å². The largest absolute Gasteiger partial charge is 0.491 e. The summed E-state index contributed by atoms with van der Waals surface area (Å²) in [5.41, 5.74) is 1.46. The van der Waals surface area contributed by atoms with Crippen molar-refractivity contribution in [1.82, 2.24) is 20.3 Å². The SMILES string of the molecule is Cc1c(C(=O)Nc2ccc(F)cc2OCC2CC2)nnn1C1CCNCC1.Cl. The Labute approximate surface area is 169 Å². The van der Waals surface area contributed by atoms with Crippen molar-refractivity contribution in [3.05, 3.63) is 35.4 Å². The van der Waals surface area contributed by atoms with Crippen LogP contribution in [0.2, 0.25) is 0 Å². The lowest BCUT2D eigenvalue weighted by molar-refractivity contribution is 0.102. The van der Waals surface area contributed by atoms with Crippen molar-refractivity contribution in [2.45, 2.75) is 38.6 Å². The van der Waals surface area contributed by atoms with E-state index in [1.807, 2.05) is 11.6 Å². The number of halogens is 2. The molecule has 0 radical (unpaired) electrons. The number of piperidine rings is 1. The molecule has 0 atom stereocenters. The molecule has 7 nitrogen and oxygen atoms in total. The summed E-state index contributed by atoms with van der Waals surface area (Å²) in [5, 5.41) is 14.4. The van der Waals surface area contributed by atoms with Crippen molar-refractivity contribution >= 4 is 24.0 Å². The summed E-state index contributed by atoms with van der Waals surface area (Å²) in [6.45, 7) is 4.26. The number of benzene rings is 1. The number of hydrogen-bond donors (Lipinski definition) is 2. The molecule has 2 heterocycles. The predicted molar refractivity (Wildman–Crippen MR) is 106 cm³/mol. The van der Waals surface area contributed by atoms with Gasteiger partial charge in [-0.05, 0) is 63.7 Å². The summed E-state index contributed by atoms with van der Waals surface area (Å²) in [5.74, 6) is 0.116. The first kappa shape index (κ1) is 20.5. The lowest BCUT2D eigenvalue weighted by Crippen LogP contribution is -2.30. The van der Waals surface area contributed by atoms with Crippen LogP contribution < -0.4 is 15.4 Å². The van der Waals surface area contributed by atoms with Crippen LogP contribution in [0, 0.1) is 18.7 Å². The number of amides is 1. The van der Waals surface area contributed by atoms with E-state index in [9.17, 15) is 9.18 Å². The molecule has 2 fully saturated rings. The number of carbonyl (C=O) groups is 1. The molecule has 1 saturated heterocycles. The van der Waals surface area contributed by atoms with Crippen LogP contribution >= 0.6 is 12.4 Å². The quantitative estimate of drug-likeness (QED) is 0.766. The first-order valence-electron chi connectivity index (χ1n) is 9.48. The minimum Gasteiger partial charge on any atom is -0.491 e. The lowest BCUT2D eigenvalue weighted by Gasteiger charge is -2.23. The number of anilines is 1. The van der Waals surface area contributed by atoms with E-state index in [1.165, 1.54) is 18.2 Å². The monoisotopic (exact) mass is 409 g/mol. The van der Waals surface area contributed by atoms with Crippen LogP contribution in [0.5, 0.6) is 5.75 Å². The number of ether oxygens (including phenoxy) is 1. The van der Waals surface area contributed by atoms with Gasteiger partial charge >= 0.3 is 0 Å².